The minimum atomic E-state index is -3.09. The van der Waals surface area contributed by atoms with E-state index in [-0.39, 0.29) is 11.2 Å². The number of sulfonamides is 1. The Hall–Kier alpha value is 0.390. The third-order valence-electron chi connectivity index (χ3n) is 2.60. The molecule has 0 heterocycles. The van der Waals surface area contributed by atoms with Crippen molar-refractivity contribution >= 4 is 26.0 Å². The number of rotatable bonds is 8. The van der Waals surface area contributed by atoms with Crippen molar-refractivity contribution in [2.45, 2.75) is 47.0 Å². The molecule has 0 rings (SSSR count). The van der Waals surface area contributed by atoms with Crippen LogP contribution in [0.4, 0.5) is 0 Å². The Morgan fingerprint density at radius 2 is 1.76 bits per heavy atom. The normalized spacial score (nSPS) is 13.3. The second-order valence-corrected chi connectivity index (χ2v) is 8.45. The highest BCUT2D eigenvalue weighted by Gasteiger charge is 2.23. The van der Waals surface area contributed by atoms with Crippen LogP contribution in [-0.4, -0.2) is 36.9 Å². The van der Waals surface area contributed by atoms with Crippen molar-refractivity contribution < 1.29 is 8.42 Å². The summed E-state index contributed by atoms with van der Waals surface area (Å²) in [6.45, 7) is 9.52. The van der Waals surface area contributed by atoms with Crippen LogP contribution in [0, 0.1) is 5.41 Å². The minimum Gasteiger partial charge on any atom is -0.212 e. The summed E-state index contributed by atoms with van der Waals surface area (Å²) in [5.41, 5.74) is 0.0674. The van der Waals surface area contributed by atoms with Crippen LogP contribution in [-0.2, 0) is 10.0 Å². The molecule has 0 aliphatic rings. The zero-order chi connectivity index (χ0) is 13.5. The molecule has 0 amide bonds. The summed E-state index contributed by atoms with van der Waals surface area (Å²) in [4.78, 5) is 0. The average molecular weight is 328 g/mol. The molecule has 0 fully saturated rings. The first kappa shape index (κ1) is 17.4. The van der Waals surface area contributed by atoms with Crippen LogP contribution in [0.5, 0.6) is 0 Å². The summed E-state index contributed by atoms with van der Waals surface area (Å²) < 4.78 is 26.0. The first-order valence-corrected chi connectivity index (χ1v) is 9.00. The molecule has 0 N–H and O–H groups in total. The second kappa shape index (κ2) is 7.74. The molecule has 0 bridgehead atoms. The molecule has 3 nitrogen and oxygen atoms in total. The number of alkyl halides is 1. The van der Waals surface area contributed by atoms with E-state index in [0.29, 0.717) is 24.8 Å². The van der Waals surface area contributed by atoms with E-state index >= 15 is 0 Å². The van der Waals surface area contributed by atoms with E-state index in [1.807, 2.05) is 0 Å². The van der Waals surface area contributed by atoms with Crippen molar-refractivity contribution in [2.24, 2.45) is 5.41 Å². The molecule has 0 radical (unpaired) electrons. The molecule has 0 atom stereocenters. The van der Waals surface area contributed by atoms with Crippen molar-refractivity contribution in [3.63, 3.8) is 0 Å². The highest BCUT2D eigenvalue weighted by molar-refractivity contribution is 9.09. The second-order valence-electron chi connectivity index (χ2n) is 5.57. The van der Waals surface area contributed by atoms with Gasteiger partial charge in [0.05, 0.1) is 5.75 Å². The van der Waals surface area contributed by atoms with E-state index in [1.54, 1.807) is 4.31 Å². The SMILES string of the molecule is CCCCN(CCBr)S(=O)(=O)CCC(C)(C)C. The van der Waals surface area contributed by atoms with E-state index in [4.69, 9.17) is 0 Å². The lowest BCUT2D eigenvalue weighted by atomic mass is 9.94. The largest absolute Gasteiger partial charge is 0.214 e. The standard InChI is InChI=1S/C12H26BrNO2S/c1-5-6-9-14(10-8-13)17(15,16)11-7-12(2,3)4/h5-11H2,1-4H3. The Balaban J connectivity index is 4.49. The zero-order valence-corrected chi connectivity index (χ0v) is 13.9. The van der Waals surface area contributed by atoms with Crippen LogP contribution >= 0.6 is 15.9 Å². The van der Waals surface area contributed by atoms with Gasteiger partial charge in [0.2, 0.25) is 10.0 Å². The fourth-order valence-electron chi connectivity index (χ4n) is 1.38. The molecule has 0 saturated heterocycles. The number of hydrogen-bond donors (Lipinski definition) is 0. The number of unbranched alkanes of at least 4 members (excludes halogenated alkanes) is 1. The molecule has 0 aromatic rings. The van der Waals surface area contributed by atoms with Gasteiger partial charge in [-0.25, -0.2) is 12.7 Å². The number of halogens is 1. The average Bonchev–Trinajstić information content (AvgIpc) is 2.20. The van der Waals surface area contributed by atoms with Crippen LogP contribution in [0.2, 0.25) is 0 Å². The third-order valence-corrected chi connectivity index (χ3v) is 4.82. The molecular weight excluding hydrogens is 302 g/mol. The Morgan fingerprint density at radius 1 is 1.18 bits per heavy atom. The molecule has 0 saturated carbocycles. The molecule has 17 heavy (non-hydrogen) atoms. The molecule has 104 valence electrons. The van der Waals surface area contributed by atoms with Gasteiger partial charge in [-0.2, -0.15) is 0 Å². The molecule has 0 aliphatic heterocycles. The maximum atomic E-state index is 12.2. The van der Waals surface area contributed by atoms with Gasteiger partial charge in [-0.1, -0.05) is 50.0 Å². The van der Waals surface area contributed by atoms with Gasteiger partial charge in [-0.05, 0) is 18.3 Å². The van der Waals surface area contributed by atoms with E-state index < -0.39 is 10.0 Å². The molecular formula is C12H26BrNO2S. The Kier molecular flexibility index (Phi) is 7.92. The Bertz CT molecular complexity index is 296. The molecule has 0 aromatic heterocycles. The van der Waals surface area contributed by atoms with E-state index in [0.717, 1.165) is 12.8 Å². The molecule has 0 spiro atoms. The van der Waals surface area contributed by atoms with Gasteiger partial charge in [0.1, 0.15) is 0 Å². The van der Waals surface area contributed by atoms with Crippen LogP contribution in [0.3, 0.4) is 0 Å². The lowest BCUT2D eigenvalue weighted by Gasteiger charge is -2.24. The molecule has 0 aliphatic carbocycles. The van der Waals surface area contributed by atoms with Gasteiger partial charge >= 0.3 is 0 Å². The van der Waals surface area contributed by atoms with Gasteiger partial charge < -0.3 is 0 Å². The van der Waals surface area contributed by atoms with Gasteiger partial charge in [0, 0.05) is 18.4 Å². The van der Waals surface area contributed by atoms with Crippen molar-refractivity contribution in [2.75, 3.05) is 24.2 Å². The summed E-state index contributed by atoms with van der Waals surface area (Å²) in [6.07, 6.45) is 2.66. The lowest BCUT2D eigenvalue weighted by Crippen LogP contribution is -2.36. The quantitative estimate of drug-likeness (QED) is 0.642. The Labute approximate surface area is 115 Å². The summed E-state index contributed by atoms with van der Waals surface area (Å²) >= 11 is 3.32. The van der Waals surface area contributed by atoms with Crippen molar-refractivity contribution in [3.05, 3.63) is 0 Å². The number of hydrogen-bond acceptors (Lipinski definition) is 2. The Morgan fingerprint density at radius 3 is 2.18 bits per heavy atom. The topological polar surface area (TPSA) is 37.4 Å². The van der Waals surface area contributed by atoms with Crippen LogP contribution in [0.25, 0.3) is 0 Å². The maximum absolute atomic E-state index is 12.2. The van der Waals surface area contributed by atoms with Crippen LogP contribution < -0.4 is 0 Å². The minimum absolute atomic E-state index is 0.0674. The number of nitrogens with zero attached hydrogens (tertiary/aromatic N) is 1. The van der Waals surface area contributed by atoms with Gasteiger partial charge in [-0.15, -0.1) is 0 Å². The van der Waals surface area contributed by atoms with Crippen molar-refractivity contribution in [1.29, 1.82) is 0 Å². The van der Waals surface area contributed by atoms with Crippen molar-refractivity contribution in [3.8, 4) is 0 Å². The fourth-order valence-corrected chi connectivity index (χ4v) is 3.95. The zero-order valence-electron chi connectivity index (χ0n) is 11.5. The van der Waals surface area contributed by atoms with Gasteiger partial charge in [0.15, 0.2) is 0 Å². The predicted octanol–water partition coefficient (Wildman–Crippen LogP) is 3.25. The monoisotopic (exact) mass is 327 g/mol. The summed E-state index contributed by atoms with van der Waals surface area (Å²) in [7, 11) is -3.09. The van der Waals surface area contributed by atoms with E-state index in [2.05, 4.69) is 43.6 Å². The molecule has 0 unspecified atom stereocenters. The van der Waals surface area contributed by atoms with Crippen LogP contribution in [0.15, 0.2) is 0 Å². The summed E-state index contributed by atoms with van der Waals surface area (Å²) in [5, 5.41) is 0.700. The summed E-state index contributed by atoms with van der Waals surface area (Å²) in [5.74, 6) is 0.257. The molecule has 5 heteroatoms. The smallest absolute Gasteiger partial charge is 0.212 e. The van der Waals surface area contributed by atoms with E-state index in [9.17, 15) is 8.42 Å². The predicted molar refractivity (Wildman–Crippen MR) is 78.1 cm³/mol. The lowest BCUT2D eigenvalue weighted by molar-refractivity contribution is 0.381. The highest BCUT2D eigenvalue weighted by atomic mass is 79.9. The fraction of sp³-hybridized carbons (Fsp3) is 1.00. The van der Waals surface area contributed by atoms with Gasteiger partial charge in [-0.3, -0.25) is 0 Å². The van der Waals surface area contributed by atoms with E-state index in [1.165, 1.54) is 0 Å². The first-order chi connectivity index (χ1) is 7.73. The molecule has 0 aromatic carbocycles. The van der Waals surface area contributed by atoms with Crippen molar-refractivity contribution in [1.82, 2.24) is 4.31 Å². The summed E-state index contributed by atoms with van der Waals surface area (Å²) in [6, 6.07) is 0. The van der Waals surface area contributed by atoms with Crippen LogP contribution in [0.1, 0.15) is 47.0 Å². The highest BCUT2D eigenvalue weighted by Crippen LogP contribution is 2.20. The first-order valence-electron chi connectivity index (χ1n) is 6.26. The van der Waals surface area contributed by atoms with Gasteiger partial charge in [0.25, 0.3) is 0 Å². The third kappa shape index (κ3) is 8.16. The maximum Gasteiger partial charge on any atom is 0.214 e.